The van der Waals surface area contributed by atoms with E-state index < -0.39 is 0 Å². The topological polar surface area (TPSA) is 66.0 Å². The molecule has 0 atom stereocenters. The number of benzene rings is 1. The Kier molecular flexibility index (Phi) is 10.9. The predicted octanol–water partition coefficient (Wildman–Crippen LogP) is 3.28. The number of aliphatic imine (C=N–C) groups is 1. The molecule has 0 fully saturated rings. The van der Waals surface area contributed by atoms with Gasteiger partial charge in [0.05, 0.1) is 13.2 Å². The number of amides is 1. The van der Waals surface area contributed by atoms with Crippen LogP contribution in [-0.2, 0) is 11.3 Å². The zero-order chi connectivity index (χ0) is 19.0. The van der Waals surface area contributed by atoms with Crippen molar-refractivity contribution in [2.75, 3.05) is 27.2 Å². The maximum atomic E-state index is 12.1. The number of nitrogens with one attached hydrogen (secondary N) is 2. The average molecular weight is 497 g/mol. The van der Waals surface area contributed by atoms with Crippen LogP contribution in [-0.4, -0.2) is 49.6 Å². The number of halogens is 2. The number of carbonyl (C=O) groups excluding carboxylic acids is 1. The molecule has 0 bridgehead atoms. The molecule has 0 saturated heterocycles. The van der Waals surface area contributed by atoms with Gasteiger partial charge in [-0.05, 0) is 39.8 Å². The van der Waals surface area contributed by atoms with Crippen molar-refractivity contribution in [2.24, 2.45) is 4.99 Å². The largest absolute Gasteiger partial charge is 0.493 e. The van der Waals surface area contributed by atoms with Gasteiger partial charge in [-0.25, -0.2) is 0 Å². The molecule has 1 aromatic rings. The maximum absolute atomic E-state index is 12.1. The van der Waals surface area contributed by atoms with E-state index in [1.54, 1.807) is 18.0 Å². The highest BCUT2D eigenvalue weighted by Gasteiger charge is 2.17. The molecule has 6 nitrogen and oxygen atoms in total. The quantitative estimate of drug-likeness (QED) is 0.360. The van der Waals surface area contributed by atoms with Crippen molar-refractivity contribution in [3.05, 3.63) is 28.8 Å². The van der Waals surface area contributed by atoms with Crippen LogP contribution in [0.25, 0.3) is 0 Å². The minimum Gasteiger partial charge on any atom is -0.493 e. The lowest BCUT2D eigenvalue weighted by atomic mass is 10.1. The Morgan fingerprint density at radius 3 is 2.54 bits per heavy atom. The Morgan fingerprint density at radius 2 is 2.00 bits per heavy atom. The van der Waals surface area contributed by atoms with Crippen LogP contribution in [0.3, 0.4) is 0 Å². The molecule has 0 aliphatic carbocycles. The fourth-order valence-corrected chi connectivity index (χ4v) is 2.43. The molecule has 0 spiro atoms. The van der Waals surface area contributed by atoms with Gasteiger partial charge >= 0.3 is 0 Å². The van der Waals surface area contributed by atoms with Crippen LogP contribution in [0.4, 0.5) is 0 Å². The van der Waals surface area contributed by atoms with Crippen molar-refractivity contribution in [2.45, 2.75) is 39.8 Å². The van der Waals surface area contributed by atoms with Crippen LogP contribution in [0.15, 0.2) is 23.2 Å². The Bertz CT molecular complexity index is 618. The number of likely N-dealkylation sites (N-methyl/N-ethyl adjacent to an activating group) is 1. The number of hydrogen-bond acceptors (Lipinski definition) is 3. The van der Waals surface area contributed by atoms with E-state index in [-0.39, 0.29) is 42.0 Å². The lowest BCUT2D eigenvalue weighted by molar-refractivity contribution is -0.122. The van der Waals surface area contributed by atoms with Gasteiger partial charge in [-0.1, -0.05) is 17.7 Å². The van der Waals surface area contributed by atoms with Gasteiger partial charge in [0, 0.05) is 36.8 Å². The van der Waals surface area contributed by atoms with Gasteiger partial charge < -0.3 is 20.3 Å². The second-order valence-corrected chi connectivity index (χ2v) is 7.18. The summed E-state index contributed by atoms with van der Waals surface area (Å²) < 4.78 is 5.62. The Labute approximate surface area is 178 Å². The maximum Gasteiger partial charge on any atom is 0.240 e. The lowest BCUT2D eigenvalue weighted by Gasteiger charge is -2.25. The first-order valence-corrected chi connectivity index (χ1v) is 8.68. The second-order valence-electron chi connectivity index (χ2n) is 6.74. The number of rotatable bonds is 6. The first kappa shape index (κ1) is 24.8. The third-order valence-electron chi connectivity index (χ3n) is 3.23. The van der Waals surface area contributed by atoms with Crippen molar-refractivity contribution in [3.63, 3.8) is 0 Å². The van der Waals surface area contributed by atoms with Gasteiger partial charge in [0.15, 0.2) is 5.96 Å². The van der Waals surface area contributed by atoms with Gasteiger partial charge in [0.1, 0.15) is 5.75 Å². The summed E-state index contributed by atoms with van der Waals surface area (Å²) in [5, 5.41) is 6.81. The van der Waals surface area contributed by atoms with Crippen LogP contribution in [0.5, 0.6) is 5.75 Å². The van der Waals surface area contributed by atoms with Crippen molar-refractivity contribution in [1.82, 2.24) is 15.5 Å². The van der Waals surface area contributed by atoms with E-state index in [1.807, 2.05) is 46.9 Å². The minimum atomic E-state index is -0.259. The fourth-order valence-electron chi connectivity index (χ4n) is 2.27. The molecule has 1 amide bonds. The second kappa shape index (κ2) is 11.5. The molecule has 8 heteroatoms. The number of nitrogens with zero attached hydrogens (tertiary/aromatic N) is 2. The Hall–Kier alpha value is -1.22. The van der Waals surface area contributed by atoms with Crippen molar-refractivity contribution < 1.29 is 9.53 Å². The normalized spacial score (nSPS) is 11.4. The number of ether oxygens (including phenoxy) is 1. The zero-order valence-corrected chi connectivity index (χ0v) is 19.4. The molecular weight excluding hydrogens is 467 g/mol. The number of guanidine groups is 1. The standard InChI is InChI=1S/C18H29ClN4O2.HI/c1-7-25-15-10-14(19)9-8-13(15)11-21-17(20-5)23(6)12-16(24)22-18(2,3)4;/h8-10H,7,11-12H2,1-6H3,(H,20,21)(H,22,24);1H. The van der Waals surface area contributed by atoms with Gasteiger partial charge in [-0.2, -0.15) is 0 Å². The van der Waals surface area contributed by atoms with E-state index in [0.717, 1.165) is 11.3 Å². The SMILES string of the molecule is CCOc1cc(Cl)ccc1CNC(=NC)N(C)CC(=O)NC(C)(C)C.I. The van der Waals surface area contributed by atoms with E-state index >= 15 is 0 Å². The molecule has 1 aromatic carbocycles. The summed E-state index contributed by atoms with van der Waals surface area (Å²) in [6, 6.07) is 5.54. The van der Waals surface area contributed by atoms with Crippen molar-refractivity contribution >= 4 is 47.4 Å². The number of hydrogen-bond donors (Lipinski definition) is 2. The Balaban J connectivity index is 0.00000625. The van der Waals surface area contributed by atoms with E-state index in [9.17, 15) is 4.79 Å². The van der Waals surface area contributed by atoms with Crippen LogP contribution >= 0.6 is 35.6 Å². The average Bonchev–Trinajstić information content (AvgIpc) is 2.48. The molecule has 148 valence electrons. The van der Waals surface area contributed by atoms with Gasteiger partial charge in [0.2, 0.25) is 5.91 Å². The monoisotopic (exact) mass is 496 g/mol. The summed E-state index contributed by atoms with van der Waals surface area (Å²) in [4.78, 5) is 18.1. The third-order valence-corrected chi connectivity index (χ3v) is 3.47. The van der Waals surface area contributed by atoms with Crippen molar-refractivity contribution in [3.8, 4) is 5.75 Å². The van der Waals surface area contributed by atoms with E-state index in [1.165, 1.54) is 0 Å². The molecule has 1 rings (SSSR count). The molecule has 0 aliphatic heterocycles. The van der Waals surface area contributed by atoms with Crippen LogP contribution < -0.4 is 15.4 Å². The smallest absolute Gasteiger partial charge is 0.240 e. The molecular formula is C18H30ClIN4O2. The van der Waals surface area contributed by atoms with Gasteiger partial charge in [0.25, 0.3) is 0 Å². The third kappa shape index (κ3) is 8.93. The summed E-state index contributed by atoms with van der Waals surface area (Å²) in [5.74, 6) is 1.31. The van der Waals surface area contributed by atoms with Crippen molar-refractivity contribution in [1.29, 1.82) is 0 Å². The summed E-state index contributed by atoms with van der Waals surface area (Å²) in [7, 11) is 3.51. The van der Waals surface area contributed by atoms with E-state index in [2.05, 4.69) is 15.6 Å². The molecule has 2 N–H and O–H groups in total. The summed E-state index contributed by atoms with van der Waals surface area (Å²) >= 11 is 6.03. The minimum absolute atomic E-state index is 0. The van der Waals surface area contributed by atoms with Crippen LogP contribution in [0.2, 0.25) is 5.02 Å². The summed E-state index contributed by atoms with van der Waals surface area (Å²) in [5.41, 5.74) is 0.713. The first-order valence-electron chi connectivity index (χ1n) is 8.30. The number of carbonyl (C=O) groups is 1. The molecule has 0 radical (unpaired) electrons. The van der Waals surface area contributed by atoms with Gasteiger partial charge in [-0.15, -0.1) is 24.0 Å². The summed E-state index contributed by atoms with van der Waals surface area (Å²) in [6.07, 6.45) is 0. The molecule has 0 aromatic heterocycles. The van der Waals surface area contributed by atoms with Gasteiger partial charge in [-0.3, -0.25) is 9.79 Å². The highest BCUT2D eigenvalue weighted by atomic mass is 127. The molecule has 0 aliphatic rings. The highest BCUT2D eigenvalue weighted by molar-refractivity contribution is 14.0. The van der Waals surface area contributed by atoms with E-state index in [0.29, 0.717) is 24.1 Å². The lowest BCUT2D eigenvalue weighted by Crippen LogP contribution is -2.48. The van der Waals surface area contributed by atoms with Crippen LogP contribution in [0.1, 0.15) is 33.3 Å². The molecule has 26 heavy (non-hydrogen) atoms. The summed E-state index contributed by atoms with van der Waals surface area (Å²) in [6.45, 7) is 9.09. The predicted molar refractivity (Wildman–Crippen MR) is 119 cm³/mol. The molecule has 0 unspecified atom stereocenters. The first-order chi connectivity index (χ1) is 11.7. The van der Waals surface area contributed by atoms with E-state index in [4.69, 9.17) is 16.3 Å². The fraction of sp³-hybridized carbons (Fsp3) is 0.556. The zero-order valence-electron chi connectivity index (χ0n) is 16.4. The molecule has 0 heterocycles. The Morgan fingerprint density at radius 1 is 1.35 bits per heavy atom. The van der Waals surface area contributed by atoms with Crippen LogP contribution in [0, 0.1) is 0 Å². The molecule has 0 saturated carbocycles. The highest BCUT2D eigenvalue weighted by Crippen LogP contribution is 2.23.